The molecule has 2 rings (SSSR count). The van der Waals surface area contributed by atoms with Crippen molar-refractivity contribution in [2.24, 2.45) is 5.29 Å². The maximum atomic E-state index is 13.0. The number of aliphatic hydroxyl groups excluding tert-OH is 7. The van der Waals surface area contributed by atoms with Crippen molar-refractivity contribution >= 4 is 17.6 Å². The Morgan fingerprint density at radius 3 is 2.14 bits per heavy atom. The second-order valence-electron chi connectivity index (χ2n) is 8.60. The molecule has 2 fully saturated rings. The molecule has 0 aromatic heterocycles. The number of aliphatic hydroxyl groups is 7. The number of carbonyl (C=O) groups excluding carboxylic acids is 1. The van der Waals surface area contributed by atoms with E-state index >= 15 is 0 Å². The molecule has 0 bridgehead atoms. The first-order valence-corrected chi connectivity index (χ1v) is 12.3. The number of carbonyl (C=O) groups is 1. The van der Waals surface area contributed by atoms with Gasteiger partial charge in [-0.25, -0.2) is 4.79 Å². The van der Waals surface area contributed by atoms with E-state index in [1.807, 2.05) is 6.92 Å². The predicted octanol–water partition coefficient (Wildman–Crippen LogP) is -2.56. The van der Waals surface area contributed by atoms with Crippen molar-refractivity contribution in [1.82, 2.24) is 9.91 Å². The fourth-order valence-electron chi connectivity index (χ4n) is 4.09. The lowest BCUT2D eigenvalue weighted by molar-refractivity contribution is -0.347. The summed E-state index contributed by atoms with van der Waals surface area (Å²) in [5.41, 5.74) is 0. The molecule has 16 heteroatoms. The zero-order chi connectivity index (χ0) is 27.0. The molecule has 2 aliphatic rings. The van der Waals surface area contributed by atoms with Crippen LogP contribution in [0.4, 0.5) is 4.79 Å². The normalized spacial score (nSPS) is 36.9. The first-order valence-electron chi connectivity index (χ1n) is 11.7. The van der Waals surface area contributed by atoms with E-state index < -0.39 is 80.6 Å². The Morgan fingerprint density at radius 1 is 0.917 bits per heavy atom. The molecule has 2 saturated heterocycles. The summed E-state index contributed by atoms with van der Waals surface area (Å²) in [5, 5.41) is 74.3. The van der Waals surface area contributed by atoms with Crippen LogP contribution in [0.3, 0.4) is 0 Å². The molecule has 15 nitrogen and oxygen atoms in total. The summed E-state index contributed by atoms with van der Waals surface area (Å²) in [4.78, 5) is 25.2. The standard InChI is InChI=1S/C20H36ClN3O12/c1-2-3-4-6-23(20(32)24(22-33)7-5-21)18-15(30)14(29)17(11(9-26)34-18)36-19-16(31)13(28)12(27)10(8-25)35-19/h10-19,25-31H,2-9H2,1H3/t10-,11-,12-,13+,14-,15-,16-,17-,18?,19-/m1/s1. The topological polar surface area (TPSA) is 222 Å². The number of halogens is 1. The Morgan fingerprint density at radius 2 is 1.58 bits per heavy atom. The van der Waals surface area contributed by atoms with Crippen molar-refractivity contribution < 1.29 is 54.8 Å². The summed E-state index contributed by atoms with van der Waals surface area (Å²) in [5.74, 6) is -0.0920. The molecule has 2 heterocycles. The molecule has 0 saturated carbocycles. The molecular weight excluding hydrogens is 510 g/mol. The van der Waals surface area contributed by atoms with E-state index in [1.54, 1.807) is 0 Å². The van der Waals surface area contributed by atoms with Gasteiger partial charge < -0.3 is 50.0 Å². The number of nitroso groups, excluding NO2 is 1. The van der Waals surface area contributed by atoms with Crippen LogP contribution in [0.1, 0.15) is 26.2 Å². The lowest BCUT2D eigenvalue weighted by atomic mass is 9.96. The summed E-state index contributed by atoms with van der Waals surface area (Å²) >= 11 is 5.63. The number of hydrogen-bond acceptors (Lipinski definition) is 13. The first kappa shape index (κ1) is 31.0. The fraction of sp³-hybridized carbons (Fsp3) is 0.950. The average Bonchev–Trinajstić information content (AvgIpc) is 2.88. The third-order valence-corrected chi connectivity index (χ3v) is 6.32. The molecule has 1 unspecified atom stereocenters. The molecule has 0 radical (unpaired) electrons. The van der Waals surface area contributed by atoms with Gasteiger partial charge in [0.25, 0.3) is 0 Å². The van der Waals surface area contributed by atoms with Gasteiger partial charge in [-0.3, -0.25) is 4.90 Å². The smallest absolute Gasteiger partial charge is 0.345 e. The number of rotatable bonds is 12. The Kier molecular flexibility index (Phi) is 12.6. The third-order valence-electron chi connectivity index (χ3n) is 6.15. The zero-order valence-corrected chi connectivity index (χ0v) is 20.6. The quantitative estimate of drug-likeness (QED) is 0.0582. The van der Waals surface area contributed by atoms with Gasteiger partial charge in [0.05, 0.1) is 25.0 Å². The van der Waals surface area contributed by atoms with E-state index in [4.69, 9.17) is 25.8 Å². The Labute approximate surface area is 212 Å². The van der Waals surface area contributed by atoms with Crippen LogP contribution in [0.2, 0.25) is 0 Å². The van der Waals surface area contributed by atoms with Crippen LogP contribution < -0.4 is 0 Å². The Hall–Kier alpha value is -1.24. The highest BCUT2D eigenvalue weighted by molar-refractivity contribution is 6.18. The van der Waals surface area contributed by atoms with E-state index in [9.17, 15) is 45.4 Å². The Balaban J connectivity index is 2.25. The van der Waals surface area contributed by atoms with Crippen molar-refractivity contribution in [3.63, 3.8) is 0 Å². The zero-order valence-electron chi connectivity index (χ0n) is 19.8. The van der Waals surface area contributed by atoms with Gasteiger partial charge in [0.15, 0.2) is 12.5 Å². The van der Waals surface area contributed by atoms with Crippen LogP contribution in [0.25, 0.3) is 0 Å². The number of hydrogen-bond donors (Lipinski definition) is 7. The average molecular weight is 546 g/mol. The van der Waals surface area contributed by atoms with Crippen molar-refractivity contribution in [2.75, 3.05) is 32.2 Å². The summed E-state index contributed by atoms with van der Waals surface area (Å²) in [6, 6.07) is -0.928. The van der Waals surface area contributed by atoms with E-state index in [-0.39, 0.29) is 19.0 Å². The minimum Gasteiger partial charge on any atom is -0.394 e. The van der Waals surface area contributed by atoms with Gasteiger partial charge in [-0.05, 0) is 6.42 Å². The molecule has 0 aromatic rings. The van der Waals surface area contributed by atoms with E-state index in [0.717, 1.165) is 11.3 Å². The van der Waals surface area contributed by atoms with Gasteiger partial charge in [-0.1, -0.05) is 19.8 Å². The van der Waals surface area contributed by atoms with Gasteiger partial charge in [-0.15, -0.1) is 16.5 Å². The van der Waals surface area contributed by atoms with Gasteiger partial charge in [0, 0.05) is 12.4 Å². The van der Waals surface area contributed by atoms with Crippen LogP contribution in [0.5, 0.6) is 0 Å². The van der Waals surface area contributed by atoms with E-state index in [1.165, 1.54) is 0 Å². The Bertz CT molecular complexity index is 692. The first-order chi connectivity index (χ1) is 17.2. The van der Waals surface area contributed by atoms with Gasteiger partial charge in [-0.2, -0.15) is 5.01 Å². The minimum atomic E-state index is -1.81. The number of amides is 2. The SMILES string of the molecule is CCCCCN(C(=O)N(CCCl)N=O)C1O[C@H](CO)[C@@H](O[C@H]2O[C@H](CO)[C@@H](O)[C@H](O)[C@H]2O)[C@H](O)[C@H]1O. The highest BCUT2D eigenvalue weighted by Crippen LogP contribution is 2.31. The largest absolute Gasteiger partial charge is 0.394 e. The molecule has 210 valence electrons. The van der Waals surface area contributed by atoms with Crippen LogP contribution in [0.15, 0.2) is 5.29 Å². The number of ether oxygens (including phenoxy) is 3. The highest BCUT2D eigenvalue weighted by atomic mass is 35.5. The molecule has 0 aromatic carbocycles. The highest BCUT2D eigenvalue weighted by Gasteiger charge is 2.52. The van der Waals surface area contributed by atoms with Crippen LogP contribution in [-0.2, 0) is 14.2 Å². The number of nitrogens with zero attached hydrogens (tertiary/aromatic N) is 3. The maximum absolute atomic E-state index is 13.0. The van der Waals surface area contributed by atoms with Crippen molar-refractivity contribution in [3.8, 4) is 0 Å². The summed E-state index contributed by atoms with van der Waals surface area (Å²) in [6.07, 6.45) is -14.3. The van der Waals surface area contributed by atoms with Gasteiger partial charge in [0.2, 0.25) is 0 Å². The molecule has 0 spiro atoms. The molecular formula is C20H36ClN3O12. The number of urea groups is 1. The molecule has 0 aliphatic carbocycles. The van der Waals surface area contributed by atoms with E-state index in [0.29, 0.717) is 17.9 Å². The third kappa shape index (κ3) is 6.99. The molecule has 36 heavy (non-hydrogen) atoms. The molecule has 2 aliphatic heterocycles. The van der Waals surface area contributed by atoms with Crippen molar-refractivity contribution in [1.29, 1.82) is 0 Å². The second kappa shape index (κ2) is 14.6. The van der Waals surface area contributed by atoms with Crippen molar-refractivity contribution in [3.05, 3.63) is 4.91 Å². The second-order valence-corrected chi connectivity index (χ2v) is 8.98. The minimum absolute atomic E-state index is 0.0197. The molecule has 2 amide bonds. The van der Waals surface area contributed by atoms with Crippen LogP contribution in [-0.4, -0.2) is 145 Å². The lowest BCUT2D eigenvalue weighted by Crippen LogP contribution is -2.67. The summed E-state index contributed by atoms with van der Waals surface area (Å²) < 4.78 is 16.5. The lowest BCUT2D eigenvalue weighted by Gasteiger charge is -2.48. The van der Waals surface area contributed by atoms with Crippen molar-refractivity contribution in [2.45, 2.75) is 87.5 Å². The summed E-state index contributed by atoms with van der Waals surface area (Å²) in [6.45, 7) is 0.243. The van der Waals surface area contributed by atoms with E-state index in [2.05, 4.69) is 5.29 Å². The maximum Gasteiger partial charge on any atom is 0.345 e. The van der Waals surface area contributed by atoms with Crippen LogP contribution in [0, 0.1) is 4.91 Å². The predicted molar refractivity (Wildman–Crippen MR) is 121 cm³/mol. The van der Waals surface area contributed by atoms with Crippen LogP contribution >= 0.6 is 11.6 Å². The fourth-order valence-corrected chi connectivity index (χ4v) is 4.25. The summed E-state index contributed by atoms with van der Waals surface area (Å²) in [7, 11) is 0. The molecule has 10 atom stereocenters. The monoisotopic (exact) mass is 545 g/mol. The number of unbranched alkanes of at least 4 members (excludes halogenated alkanes) is 2. The van der Waals surface area contributed by atoms with Gasteiger partial charge >= 0.3 is 6.03 Å². The number of alkyl halides is 1. The van der Waals surface area contributed by atoms with Gasteiger partial charge in [0.1, 0.15) is 48.8 Å². The molecule has 7 N–H and O–H groups in total.